The number of piperidine rings is 1. The molecule has 2 unspecified atom stereocenters. The molecule has 2 aromatic rings. The van der Waals surface area contributed by atoms with Crippen LogP contribution in [0.4, 0.5) is 0 Å². The third-order valence-corrected chi connectivity index (χ3v) is 6.79. The van der Waals surface area contributed by atoms with Gasteiger partial charge in [0.2, 0.25) is 0 Å². The molecule has 0 spiro atoms. The highest BCUT2D eigenvalue weighted by molar-refractivity contribution is 7.07. The third-order valence-electron chi connectivity index (χ3n) is 6.20. The number of hydrogen-bond donors (Lipinski definition) is 0. The molecule has 3 aliphatic heterocycles. The molecular weight excluding hydrogens is 330 g/mol. The van der Waals surface area contributed by atoms with Crippen molar-refractivity contribution in [2.24, 2.45) is 5.92 Å². The highest BCUT2D eigenvalue weighted by Crippen LogP contribution is 2.33. The van der Waals surface area contributed by atoms with E-state index in [2.05, 4.69) is 39.0 Å². The van der Waals surface area contributed by atoms with Gasteiger partial charge in [-0.2, -0.15) is 0 Å². The van der Waals surface area contributed by atoms with E-state index < -0.39 is 0 Å². The topological polar surface area (TPSA) is 36.4 Å². The molecule has 4 nitrogen and oxygen atoms in total. The van der Waals surface area contributed by atoms with E-state index in [1.165, 1.54) is 28.9 Å². The van der Waals surface area contributed by atoms with Crippen LogP contribution in [0.3, 0.4) is 0 Å². The Morgan fingerprint density at radius 2 is 1.84 bits per heavy atom. The zero-order chi connectivity index (χ0) is 16.8. The molecule has 0 saturated carbocycles. The quantitative estimate of drug-likeness (QED) is 0.833. The van der Waals surface area contributed by atoms with Gasteiger partial charge in [-0.05, 0) is 42.7 Å². The number of carbonyl (C=O) groups is 1. The average Bonchev–Trinajstić information content (AvgIpc) is 3.23. The summed E-state index contributed by atoms with van der Waals surface area (Å²) >= 11 is 1.50. The Hall–Kier alpha value is -1.72. The van der Waals surface area contributed by atoms with Crippen molar-refractivity contribution in [3.8, 4) is 0 Å². The van der Waals surface area contributed by atoms with E-state index in [0.717, 1.165) is 38.9 Å². The fraction of sp³-hybridized carbons (Fsp3) is 0.500. The van der Waals surface area contributed by atoms with Gasteiger partial charge in [-0.3, -0.25) is 9.69 Å². The van der Waals surface area contributed by atoms with Crippen molar-refractivity contribution in [3.05, 3.63) is 52.0 Å². The van der Waals surface area contributed by atoms with Crippen molar-refractivity contribution >= 4 is 17.2 Å². The minimum Gasteiger partial charge on any atom is -0.333 e. The van der Waals surface area contributed by atoms with Crippen LogP contribution in [0.5, 0.6) is 0 Å². The van der Waals surface area contributed by atoms with Gasteiger partial charge in [0.05, 0.1) is 5.51 Å². The zero-order valence-corrected chi connectivity index (χ0v) is 15.1. The zero-order valence-electron chi connectivity index (χ0n) is 14.3. The molecule has 25 heavy (non-hydrogen) atoms. The van der Waals surface area contributed by atoms with Gasteiger partial charge in [-0.1, -0.05) is 24.3 Å². The molecule has 0 radical (unpaired) electrons. The standard InChI is InChI=1S/C20H23N3OS/c24-20(19-12-25-13-21-19)23-10-14-5-6-17(23)11-22(9-14)18-7-15-3-1-2-4-16(15)8-18/h1-4,12-14,17-18H,5-11H2. The Bertz CT molecular complexity index is 750. The number of aromatic nitrogens is 1. The number of thiazole rings is 1. The van der Waals surface area contributed by atoms with Crippen LogP contribution in [0.15, 0.2) is 35.2 Å². The molecule has 1 aliphatic carbocycles. The predicted molar refractivity (Wildman–Crippen MR) is 98.9 cm³/mol. The maximum Gasteiger partial charge on any atom is 0.273 e. The molecule has 4 aliphatic rings. The number of nitrogens with zero attached hydrogens (tertiary/aromatic N) is 3. The Balaban J connectivity index is 1.34. The van der Waals surface area contributed by atoms with E-state index in [1.54, 1.807) is 5.51 Å². The molecule has 1 aromatic heterocycles. The second-order valence-corrected chi connectivity index (χ2v) is 8.43. The van der Waals surface area contributed by atoms with Crippen molar-refractivity contribution in [1.29, 1.82) is 0 Å². The molecule has 1 amide bonds. The van der Waals surface area contributed by atoms with Crippen molar-refractivity contribution in [2.75, 3.05) is 19.6 Å². The first-order chi connectivity index (χ1) is 12.3. The summed E-state index contributed by atoms with van der Waals surface area (Å²) in [5.41, 5.74) is 5.40. The van der Waals surface area contributed by atoms with Gasteiger partial charge in [0.1, 0.15) is 5.69 Å². The fourth-order valence-corrected chi connectivity index (χ4v) is 5.45. The summed E-state index contributed by atoms with van der Waals surface area (Å²) in [4.78, 5) is 21.9. The van der Waals surface area contributed by atoms with Crippen LogP contribution in [-0.4, -0.2) is 52.4 Å². The van der Waals surface area contributed by atoms with Gasteiger partial charge in [-0.15, -0.1) is 11.3 Å². The van der Waals surface area contributed by atoms with Crippen molar-refractivity contribution in [1.82, 2.24) is 14.8 Å². The minimum atomic E-state index is 0.132. The molecular formula is C20H23N3OS. The minimum absolute atomic E-state index is 0.132. The van der Waals surface area contributed by atoms with Crippen LogP contribution in [0.1, 0.15) is 34.5 Å². The average molecular weight is 353 g/mol. The second-order valence-electron chi connectivity index (χ2n) is 7.71. The van der Waals surface area contributed by atoms with Gasteiger partial charge in [-0.25, -0.2) is 4.98 Å². The fourth-order valence-electron chi connectivity index (χ4n) is 4.92. The normalized spacial score (nSPS) is 26.6. The van der Waals surface area contributed by atoms with Gasteiger partial charge < -0.3 is 4.90 Å². The molecule has 1 aromatic carbocycles. The molecule has 4 heterocycles. The molecule has 2 atom stereocenters. The molecule has 3 saturated heterocycles. The van der Waals surface area contributed by atoms with Crippen LogP contribution >= 0.6 is 11.3 Å². The number of carbonyl (C=O) groups excluding carboxylic acids is 1. The van der Waals surface area contributed by atoms with E-state index in [9.17, 15) is 4.79 Å². The Kier molecular flexibility index (Phi) is 3.86. The van der Waals surface area contributed by atoms with E-state index in [-0.39, 0.29) is 5.91 Å². The maximum atomic E-state index is 12.9. The molecule has 2 bridgehead atoms. The number of hydrogen-bond acceptors (Lipinski definition) is 4. The molecule has 5 heteroatoms. The smallest absolute Gasteiger partial charge is 0.273 e. The first-order valence-electron chi connectivity index (χ1n) is 9.28. The predicted octanol–water partition coefficient (Wildman–Crippen LogP) is 2.85. The van der Waals surface area contributed by atoms with Crippen molar-refractivity contribution in [2.45, 2.75) is 37.8 Å². The Labute approximate surface area is 152 Å². The summed E-state index contributed by atoms with van der Waals surface area (Å²) in [6, 6.07) is 9.81. The van der Waals surface area contributed by atoms with Crippen LogP contribution in [-0.2, 0) is 12.8 Å². The SMILES string of the molecule is O=C(c1cscn1)N1CC2CCC1CN(C1Cc3ccccc3C1)C2. The first kappa shape index (κ1) is 15.5. The highest BCUT2D eigenvalue weighted by atomic mass is 32.1. The lowest BCUT2D eigenvalue weighted by Gasteiger charge is -2.36. The largest absolute Gasteiger partial charge is 0.333 e. The molecule has 0 N–H and O–H groups in total. The Morgan fingerprint density at radius 1 is 1.04 bits per heavy atom. The summed E-state index contributed by atoms with van der Waals surface area (Å²) in [7, 11) is 0. The van der Waals surface area contributed by atoms with E-state index in [0.29, 0.717) is 23.7 Å². The summed E-state index contributed by atoms with van der Waals surface area (Å²) in [5, 5.41) is 1.88. The lowest BCUT2D eigenvalue weighted by molar-refractivity contribution is 0.0576. The molecule has 130 valence electrons. The van der Waals surface area contributed by atoms with E-state index >= 15 is 0 Å². The Morgan fingerprint density at radius 3 is 2.56 bits per heavy atom. The summed E-state index contributed by atoms with van der Waals surface area (Å²) < 4.78 is 0. The number of benzene rings is 1. The van der Waals surface area contributed by atoms with Crippen molar-refractivity contribution < 1.29 is 4.79 Å². The highest BCUT2D eigenvalue weighted by Gasteiger charge is 2.40. The first-order valence-corrected chi connectivity index (χ1v) is 10.2. The summed E-state index contributed by atoms with van der Waals surface area (Å²) in [6.45, 7) is 3.05. The van der Waals surface area contributed by atoms with Gasteiger partial charge in [0.15, 0.2) is 0 Å². The van der Waals surface area contributed by atoms with Gasteiger partial charge >= 0.3 is 0 Å². The molecule has 3 fully saturated rings. The number of fused-ring (bicyclic) bond motifs is 5. The third kappa shape index (κ3) is 2.79. The second kappa shape index (κ2) is 6.22. The van der Waals surface area contributed by atoms with Crippen LogP contribution in [0.25, 0.3) is 0 Å². The van der Waals surface area contributed by atoms with Gasteiger partial charge in [0.25, 0.3) is 5.91 Å². The summed E-state index contributed by atoms with van der Waals surface area (Å²) in [6.07, 6.45) is 4.71. The molecule has 6 rings (SSSR count). The van der Waals surface area contributed by atoms with Crippen LogP contribution < -0.4 is 0 Å². The van der Waals surface area contributed by atoms with Crippen LogP contribution in [0, 0.1) is 5.92 Å². The number of rotatable bonds is 2. The van der Waals surface area contributed by atoms with E-state index in [4.69, 9.17) is 0 Å². The number of amides is 1. The monoisotopic (exact) mass is 353 g/mol. The lowest BCUT2D eigenvalue weighted by Crippen LogP contribution is -2.48. The van der Waals surface area contributed by atoms with E-state index in [1.807, 2.05) is 5.38 Å². The van der Waals surface area contributed by atoms with Crippen molar-refractivity contribution in [3.63, 3.8) is 0 Å². The lowest BCUT2D eigenvalue weighted by atomic mass is 9.95. The maximum absolute atomic E-state index is 12.9. The van der Waals surface area contributed by atoms with Crippen LogP contribution in [0.2, 0.25) is 0 Å². The van der Waals surface area contributed by atoms with Gasteiger partial charge in [0, 0.05) is 37.1 Å². The summed E-state index contributed by atoms with van der Waals surface area (Å²) in [5.74, 6) is 0.734.